The second-order valence-corrected chi connectivity index (χ2v) is 8.06. The fraction of sp³-hybridized carbons (Fsp3) is 0.500. The van der Waals surface area contributed by atoms with Crippen molar-refractivity contribution in [2.45, 2.75) is 4.90 Å². The summed E-state index contributed by atoms with van der Waals surface area (Å²) in [6, 6.07) is 6.67. The van der Waals surface area contributed by atoms with Crippen molar-refractivity contribution in [3.63, 3.8) is 0 Å². The number of carbonyl (C=O) groups is 1. The molecule has 1 aromatic carbocycles. The molecule has 2 rings (SSSR count). The lowest BCUT2D eigenvalue weighted by Crippen LogP contribution is -2.51. The van der Waals surface area contributed by atoms with Crippen molar-refractivity contribution >= 4 is 31.9 Å². The first kappa shape index (κ1) is 18.3. The summed E-state index contributed by atoms with van der Waals surface area (Å²) in [5.74, 6) is -0.157. The molecule has 1 fully saturated rings. The molecular formula is C14H20BrN3O4S. The molecule has 0 radical (unpaired) electrons. The molecule has 128 valence electrons. The van der Waals surface area contributed by atoms with Gasteiger partial charge >= 0.3 is 0 Å². The third-order valence-corrected chi connectivity index (χ3v) is 6.14. The average Bonchev–Trinajstić information content (AvgIpc) is 2.54. The number of halogens is 1. The molecular weight excluding hydrogens is 386 g/mol. The van der Waals surface area contributed by atoms with E-state index in [0.29, 0.717) is 26.2 Å². The van der Waals surface area contributed by atoms with E-state index in [1.165, 1.54) is 16.5 Å². The monoisotopic (exact) mass is 405 g/mol. The van der Waals surface area contributed by atoms with Crippen LogP contribution in [0.25, 0.3) is 0 Å². The van der Waals surface area contributed by atoms with Crippen molar-refractivity contribution < 1.29 is 18.0 Å². The van der Waals surface area contributed by atoms with Gasteiger partial charge in [0.2, 0.25) is 10.0 Å². The number of hydroxylamine groups is 2. The highest BCUT2D eigenvalue weighted by Gasteiger charge is 2.29. The van der Waals surface area contributed by atoms with Gasteiger partial charge in [0.1, 0.15) is 0 Å². The SMILES string of the molecule is CON(C)C(=O)CN1CCN(S(=O)(=O)c2cccc(Br)c2)CC1. The highest BCUT2D eigenvalue weighted by molar-refractivity contribution is 9.10. The topological polar surface area (TPSA) is 70.2 Å². The smallest absolute Gasteiger partial charge is 0.259 e. The molecule has 0 N–H and O–H groups in total. The first-order valence-corrected chi connectivity index (χ1v) is 9.36. The Morgan fingerprint density at radius 1 is 1.30 bits per heavy atom. The van der Waals surface area contributed by atoms with Crippen molar-refractivity contribution in [2.75, 3.05) is 46.9 Å². The quantitative estimate of drug-likeness (QED) is 0.676. The zero-order valence-electron chi connectivity index (χ0n) is 13.1. The predicted molar refractivity (Wildman–Crippen MR) is 89.1 cm³/mol. The summed E-state index contributed by atoms with van der Waals surface area (Å²) in [6.07, 6.45) is 0. The molecule has 0 bridgehead atoms. The van der Waals surface area contributed by atoms with Crippen LogP contribution < -0.4 is 0 Å². The molecule has 1 aliphatic heterocycles. The third kappa shape index (κ3) is 4.51. The molecule has 0 atom stereocenters. The largest absolute Gasteiger partial charge is 0.292 e. The normalized spacial score (nSPS) is 17.2. The van der Waals surface area contributed by atoms with Crippen molar-refractivity contribution in [1.29, 1.82) is 0 Å². The summed E-state index contributed by atoms with van der Waals surface area (Å²) in [4.78, 5) is 18.8. The van der Waals surface area contributed by atoms with Crippen LogP contribution in [-0.4, -0.2) is 75.5 Å². The highest BCUT2D eigenvalue weighted by Crippen LogP contribution is 2.21. The number of amides is 1. The fourth-order valence-electron chi connectivity index (χ4n) is 2.30. The molecule has 0 unspecified atom stereocenters. The summed E-state index contributed by atoms with van der Waals surface area (Å²) in [6.45, 7) is 1.96. The number of hydrogen-bond acceptors (Lipinski definition) is 5. The minimum absolute atomic E-state index is 0.157. The van der Waals surface area contributed by atoms with E-state index < -0.39 is 10.0 Å². The summed E-state index contributed by atoms with van der Waals surface area (Å²) in [5, 5.41) is 1.17. The lowest BCUT2D eigenvalue weighted by molar-refractivity contribution is -0.170. The van der Waals surface area contributed by atoms with Gasteiger partial charge in [0, 0.05) is 37.7 Å². The summed E-state index contributed by atoms with van der Waals surface area (Å²) >= 11 is 3.29. The van der Waals surface area contributed by atoms with Crippen molar-refractivity contribution in [1.82, 2.24) is 14.3 Å². The van der Waals surface area contributed by atoms with Crippen LogP contribution >= 0.6 is 15.9 Å². The first-order chi connectivity index (χ1) is 10.8. The highest BCUT2D eigenvalue weighted by atomic mass is 79.9. The van der Waals surface area contributed by atoms with Crippen molar-refractivity contribution in [3.8, 4) is 0 Å². The molecule has 0 spiro atoms. The van der Waals surface area contributed by atoms with Crippen molar-refractivity contribution in [2.24, 2.45) is 0 Å². The van der Waals surface area contributed by atoms with Crippen LogP contribution in [0.1, 0.15) is 0 Å². The summed E-state index contributed by atoms with van der Waals surface area (Å²) in [7, 11) is -0.518. The Morgan fingerprint density at radius 3 is 2.52 bits per heavy atom. The molecule has 0 saturated carbocycles. The zero-order chi connectivity index (χ0) is 17.0. The van der Waals surface area contributed by atoms with Crippen LogP contribution in [0.4, 0.5) is 0 Å². The standard InChI is InChI=1S/C14H20BrN3O4S/c1-16(22-2)14(19)11-17-6-8-18(9-7-17)23(20,21)13-5-3-4-12(15)10-13/h3-5,10H,6-9,11H2,1-2H3. The fourth-order valence-corrected chi connectivity index (χ4v) is 4.32. The Bertz CT molecular complexity index is 660. The molecule has 9 heteroatoms. The number of rotatable bonds is 5. The molecule has 1 amide bonds. The molecule has 0 aliphatic carbocycles. The lowest BCUT2D eigenvalue weighted by atomic mass is 10.3. The van der Waals surface area contributed by atoms with Gasteiger partial charge in [0.05, 0.1) is 18.6 Å². The van der Waals surface area contributed by atoms with Gasteiger partial charge in [-0.1, -0.05) is 22.0 Å². The molecule has 0 aromatic heterocycles. The summed E-state index contributed by atoms with van der Waals surface area (Å²) < 4.78 is 27.4. The number of sulfonamides is 1. The maximum Gasteiger partial charge on any atom is 0.259 e. The van der Waals surface area contributed by atoms with Crippen molar-refractivity contribution in [3.05, 3.63) is 28.7 Å². The number of likely N-dealkylation sites (N-methyl/N-ethyl adjacent to an activating group) is 1. The van der Waals surface area contributed by atoms with Gasteiger partial charge in [-0.15, -0.1) is 0 Å². The number of benzene rings is 1. The van der Waals surface area contributed by atoms with Gasteiger partial charge in [-0.3, -0.25) is 14.5 Å². The molecule has 1 heterocycles. The van der Waals surface area contributed by atoms with E-state index in [2.05, 4.69) is 15.9 Å². The second-order valence-electron chi connectivity index (χ2n) is 5.21. The van der Waals surface area contributed by atoms with E-state index in [9.17, 15) is 13.2 Å². The maximum absolute atomic E-state index is 12.6. The van der Waals surface area contributed by atoms with Gasteiger partial charge in [-0.2, -0.15) is 4.31 Å². The van der Waals surface area contributed by atoms with E-state index in [4.69, 9.17) is 4.84 Å². The van der Waals surface area contributed by atoms with Gasteiger partial charge in [0.25, 0.3) is 5.91 Å². The molecule has 7 nitrogen and oxygen atoms in total. The van der Waals surface area contributed by atoms with Crippen LogP contribution in [0.5, 0.6) is 0 Å². The van der Waals surface area contributed by atoms with Gasteiger partial charge in [-0.05, 0) is 18.2 Å². The summed E-state index contributed by atoms with van der Waals surface area (Å²) in [5.41, 5.74) is 0. The Labute approximate surface area is 144 Å². The van der Waals surface area contributed by atoms with Crippen LogP contribution in [0.3, 0.4) is 0 Å². The molecule has 1 aromatic rings. The van der Waals surface area contributed by atoms with E-state index in [1.807, 2.05) is 4.90 Å². The predicted octanol–water partition coefficient (Wildman–Crippen LogP) is 0.775. The minimum Gasteiger partial charge on any atom is -0.292 e. The average molecular weight is 406 g/mol. The maximum atomic E-state index is 12.6. The van der Waals surface area contributed by atoms with Gasteiger partial charge < -0.3 is 0 Å². The second kappa shape index (κ2) is 7.71. The Morgan fingerprint density at radius 2 is 1.96 bits per heavy atom. The van der Waals surface area contributed by atoms with Crippen LogP contribution in [0.2, 0.25) is 0 Å². The van der Waals surface area contributed by atoms with Gasteiger partial charge in [-0.25, -0.2) is 13.5 Å². The Balaban J connectivity index is 1.97. The molecule has 1 aliphatic rings. The molecule has 1 saturated heterocycles. The third-order valence-electron chi connectivity index (χ3n) is 3.75. The van der Waals surface area contributed by atoms with E-state index in [0.717, 1.165) is 4.47 Å². The number of nitrogens with zero attached hydrogens (tertiary/aromatic N) is 3. The number of carbonyl (C=O) groups excluding carboxylic acids is 1. The Hall–Kier alpha value is -1.00. The lowest BCUT2D eigenvalue weighted by Gasteiger charge is -2.34. The first-order valence-electron chi connectivity index (χ1n) is 7.13. The molecule has 23 heavy (non-hydrogen) atoms. The van der Waals surface area contributed by atoms with Gasteiger partial charge in [0.15, 0.2) is 0 Å². The number of hydrogen-bond donors (Lipinski definition) is 0. The van der Waals surface area contributed by atoms with Crippen LogP contribution in [0.15, 0.2) is 33.6 Å². The van der Waals surface area contributed by atoms with E-state index >= 15 is 0 Å². The Kier molecular flexibility index (Phi) is 6.15. The van der Waals surface area contributed by atoms with Crippen LogP contribution in [-0.2, 0) is 19.7 Å². The van der Waals surface area contributed by atoms with E-state index in [1.54, 1.807) is 31.3 Å². The minimum atomic E-state index is -3.50. The zero-order valence-corrected chi connectivity index (χ0v) is 15.5. The number of piperazine rings is 1. The van der Waals surface area contributed by atoms with Crippen LogP contribution in [0, 0.1) is 0 Å². The van der Waals surface area contributed by atoms with E-state index in [-0.39, 0.29) is 17.3 Å².